The Kier molecular flexibility index (Phi) is 5.03. The Balaban J connectivity index is 1.95. The first kappa shape index (κ1) is 17.4. The second-order valence-electron chi connectivity index (χ2n) is 5.96. The SMILES string of the molecule is CC(C)c1ccccc1N1C(=O)C(=Cc2ccc(C#N)cc2)SC1=S. The van der Waals surface area contributed by atoms with Crippen molar-refractivity contribution < 1.29 is 4.79 Å². The van der Waals surface area contributed by atoms with E-state index in [-0.39, 0.29) is 5.91 Å². The first-order valence-electron chi connectivity index (χ1n) is 7.88. The van der Waals surface area contributed by atoms with Crippen molar-refractivity contribution in [2.75, 3.05) is 4.90 Å². The van der Waals surface area contributed by atoms with Crippen LogP contribution in [0.15, 0.2) is 53.4 Å². The number of benzene rings is 2. The van der Waals surface area contributed by atoms with Crippen LogP contribution in [0.4, 0.5) is 5.69 Å². The summed E-state index contributed by atoms with van der Waals surface area (Å²) in [6, 6.07) is 17.1. The van der Waals surface area contributed by atoms with Crippen LogP contribution in [0.5, 0.6) is 0 Å². The van der Waals surface area contributed by atoms with E-state index in [2.05, 4.69) is 19.9 Å². The van der Waals surface area contributed by atoms with Crippen molar-refractivity contribution in [3.05, 3.63) is 70.1 Å². The molecule has 0 atom stereocenters. The number of thioether (sulfide) groups is 1. The maximum Gasteiger partial charge on any atom is 0.270 e. The van der Waals surface area contributed by atoms with Crippen LogP contribution in [0.25, 0.3) is 6.08 Å². The topological polar surface area (TPSA) is 44.1 Å². The molecule has 3 nitrogen and oxygen atoms in total. The number of rotatable bonds is 3. The van der Waals surface area contributed by atoms with Gasteiger partial charge in [-0.1, -0.05) is 68.2 Å². The van der Waals surface area contributed by atoms with Crippen LogP contribution in [-0.4, -0.2) is 10.2 Å². The molecular weight excluding hydrogens is 348 g/mol. The van der Waals surface area contributed by atoms with Crippen molar-refractivity contribution in [3.8, 4) is 6.07 Å². The van der Waals surface area contributed by atoms with Crippen molar-refractivity contribution in [1.29, 1.82) is 5.26 Å². The Bertz CT molecular complexity index is 908. The monoisotopic (exact) mass is 364 g/mol. The molecule has 0 aliphatic carbocycles. The number of amides is 1. The van der Waals surface area contributed by atoms with E-state index in [9.17, 15) is 4.79 Å². The molecule has 25 heavy (non-hydrogen) atoms. The number of anilines is 1. The molecule has 0 aromatic heterocycles. The second kappa shape index (κ2) is 7.22. The number of hydrogen-bond acceptors (Lipinski definition) is 4. The summed E-state index contributed by atoms with van der Waals surface area (Å²) in [5.74, 6) is 0.191. The van der Waals surface area contributed by atoms with Gasteiger partial charge in [-0.05, 0) is 41.3 Å². The number of hydrogen-bond donors (Lipinski definition) is 0. The van der Waals surface area contributed by atoms with Crippen molar-refractivity contribution in [2.45, 2.75) is 19.8 Å². The van der Waals surface area contributed by atoms with Crippen LogP contribution in [-0.2, 0) is 4.79 Å². The summed E-state index contributed by atoms with van der Waals surface area (Å²) >= 11 is 6.77. The fraction of sp³-hybridized carbons (Fsp3) is 0.150. The molecule has 1 amide bonds. The molecule has 0 radical (unpaired) electrons. The average Bonchev–Trinajstić information content (AvgIpc) is 2.89. The summed E-state index contributed by atoms with van der Waals surface area (Å²) in [4.78, 5) is 15.1. The molecule has 124 valence electrons. The third kappa shape index (κ3) is 3.51. The largest absolute Gasteiger partial charge is 0.270 e. The van der Waals surface area contributed by atoms with Gasteiger partial charge in [0.25, 0.3) is 5.91 Å². The number of nitrogens with zero attached hydrogens (tertiary/aromatic N) is 2. The van der Waals surface area contributed by atoms with Gasteiger partial charge < -0.3 is 0 Å². The van der Waals surface area contributed by atoms with Crippen LogP contribution in [0.1, 0.15) is 36.5 Å². The molecule has 1 aliphatic rings. The van der Waals surface area contributed by atoms with Gasteiger partial charge in [0.15, 0.2) is 4.32 Å². The Labute approximate surface area is 157 Å². The van der Waals surface area contributed by atoms with Crippen molar-refractivity contribution in [3.63, 3.8) is 0 Å². The second-order valence-corrected chi connectivity index (χ2v) is 7.64. The molecule has 0 N–H and O–H groups in total. The van der Waals surface area contributed by atoms with E-state index in [1.165, 1.54) is 11.8 Å². The Morgan fingerprint density at radius 1 is 1.16 bits per heavy atom. The first-order valence-corrected chi connectivity index (χ1v) is 9.11. The third-order valence-corrected chi connectivity index (χ3v) is 5.23. The molecule has 0 saturated carbocycles. The summed E-state index contributed by atoms with van der Waals surface area (Å²) in [5.41, 5.74) is 3.41. The average molecular weight is 364 g/mol. The zero-order valence-corrected chi connectivity index (χ0v) is 15.5. The van der Waals surface area contributed by atoms with E-state index in [1.807, 2.05) is 42.5 Å². The number of nitriles is 1. The zero-order chi connectivity index (χ0) is 18.0. The van der Waals surface area contributed by atoms with Gasteiger partial charge in [-0.2, -0.15) is 5.26 Å². The highest BCUT2D eigenvalue weighted by molar-refractivity contribution is 8.27. The highest BCUT2D eigenvalue weighted by Gasteiger charge is 2.34. The fourth-order valence-electron chi connectivity index (χ4n) is 2.66. The normalized spacial score (nSPS) is 15.9. The fourth-order valence-corrected chi connectivity index (χ4v) is 3.94. The molecule has 5 heteroatoms. The number of para-hydroxylation sites is 1. The van der Waals surface area contributed by atoms with E-state index >= 15 is 0 Å². The van der Waals surface area contributed by atoms with Crippen LogP contribution < -0.4 is 4.90 Å². The highest BCUT2D eigenvalue weighted by atomic mass is 32.2. The molecule has 3 rings (SSSR count). The van der Waals surface area contributed by atoms with Crippen LogP contribution in [0, 0.1) is 11.3 Å². The minimum atomic E-state index is -0.104. The predicted molar refractivity (Wildman–Crippen MR) is 107 cm³/mol. The Morgan fingerprint density at radius 3 is 2.48 bits per heavy atom. The molecule has 2 aromatic rings. The molecule has 2 aromatic carbocycles. The lowest BCUT2D eigenvalue weighted by molar-refractivity contribution is -0.113. The molecule has 1 aliphatic heterocycles. The summed E-state index contributed by atoms with van der Waals surface area (Å²) in [7, 11) is 0. The van der Waals surface area contributed by atoms with E-state index < -0.39 is 0 Å². The van der Waals surface area contributed by atoms with Crippen LogP contribution in [0.3, 0.4) is 0 Å². The molecule has 0 unspecified atom stereocenters. The predicted octanol–water partition coefficient (Wildman–Crippen LogP) is 5.09. The lowest BCUT2D eigenvalue weighted by Gasteiger charge is -2.20. The first-order chi connectivity index (χ1) is 12.0. The maximum absolute atomic E-state index is 12.9. The van der Waals surface area contributed by atoms with Gasteiger partial charge in [0, 0.05) is 0 Å². The smallest absolute Gasteiger partial charge is 0.268 e. The molecule has 0 bridgehead atoms. The van der Waals surface area contributed by atoms with Gasteiger partial charge in [-0.25, -0.2) is 0 Å². The summed E-state index contributed by atoms with van der Waals surface area (Å²) in [6.45, 7) is 4.20. The van der Waals surface area contributed by atoms with E-state index in [1.54, 1.807) is 17.0 Å². The minimum absolute atomic E-state index is 0.104. The van der Waals surface area contributed by atoms with Crippen molar-refractivity contribution in [1.82, 2.24) is 0 Å². The number of carbonyl (C=O) groups excluding carboxylic acids is 1. The molecule has 1 fully saturated rings. The summed E-state index contributed by atoms with van der Waals surface area (Å²) in [6.07, 6.45) is 1.82. The van der Waals surface area contributed by atoms with Gasteiger partial charge in [-0.15, -0.1) is 0 Å². The summed E-state index contributed by atoms with van der Waals surface area (Å²) in [5, 5.41) is 8.87. The molecular formula is C20H16N2OS2. The van der Waals surface area contributed by atoms with Gasteiger partial charge >= 0.3 is 0 Å². The summed E-state index contributed by atoms with van der Waals surface area (Å²) < 4.78 is 0.540. The van der Waals surface area contributed by atoms with Crippen molar-refractivity contribution in [2.24, 2.45) is 0 Å². The van der Waals surface area contributed by atoms with Gasteiger partial charge in [0.1, 0.15) is 0 Å². The van der Waals surface area contributed by atoms with Crippen LogP contribution >= 0.6 is 24.0 Å². The lowest BCUT2D eigenvalue weighted by atomic mass is 10.0. The molecule has 1 heterocycles. The number of carbonyl (C=O) groups is 1. The van der Waals surface area contributed by atoms with Gasteiger partial charge in [0.05, 0.1) is 22.2 Å². The quantitative estimate of drug-likeness (QED) is 0.562. The Morgan fingerprint density at radius 2 is 1.84 bits per heavy atom. The van der Waals surface area contributed by atoms with E-state index in [4.69, 9.17) is 17.5 Å². The standard InChI is InChI=1S/C20H16N2OS2/c1-13(2)16-5-3-4-6-17(16)22-19(23)18(25-20(22)24)11-14-7-9-15(12-21)10-8-14/h3-11,13H,1-2H3. The highest BCUT2D eigenvalue weighted by Crippen LogP contribution is 2.39. The van der Waals surface area contributed by atoms with Crippen LogP contribution in [0.2, 0.25) is 0 Å². The third-order valence-electron chi connectivity index (χ3n) is 3.93. The van der Waals surface area contributed by atoms with Gasteiger partial charge in [0.2, 0.25) is 0 Å². The zero-order valence-electron chi connectivity index (χ0n) is 13.9. The minimum Gasteiger partial charge on any atom is -0.268 e. The molecule has 0 spiro atoms. The maximum atomic E-state index is 12.9. The molecule has 1 saturated heterocycles. The van der Waals surface area contributed by atoms with E-state index in [0.29, 0.717) is 20.7 Å². The van der Waals surface area contributed by atoms with Crippen molar-refractivity contribution >= 4 is 46.0 Å². The van der Waals surface area contributed by atoms with Gasteiger partial charge in [-0.3, -0.25) is 9.69 Å². The van der Waals surface area contributed by atoms with E-state index in [0.717, 1.165) is 16.8 Å². The Hall–Kier alpha value is -2.42. The lowest BCUT2D eigenvalue weighted by Crippen LogP contribution is -2.28. The number of thiocarbonyl (C=S) groups is 1.